The molecule has 0 bridgehead atoms. The average molecular weight is 163 g/mol. The first-order chi connectivity index (χ1) is 5.74. The molecule has 64 valence electrons. The van der Waals surface area contributed by atoms with Gasteiger partial charge in [0, 0.05) is 12.5 Å². The van der Waals surface area contributed by atoms with Gasteiger partial charge in [0.1, 0.15) is 6.29 Å². The van der Waals surface area contributed by atoms with Gasteiger partial charge in [-0.15, -0.1) is 0 Å². The molecule has 0 heterocycles. The fraction of sp³-hybridized carbons (Fsp3) is 0.300. The molecule has 1 aromatic rings. The lowest BCUT2D eigenvalue weighted by Gasteiger charge is -2.04. The number of nitrogens with two attached hydrogens (primary N) is 1. The van der Waals surface area contributed by atoms with Gasteiger partial charge >= 0.3 is 0 Å². The molecule has 2 heteroatoms. The molecule has 2 N–H and O–H groups in total. The first-order valence-corrected chi connectivity index (χ1v) is 4.02. The van der Waals surface area contributed by atoms with Gasteiger partial charge in [0.15, 0.2) is 0 Å². The number of carbonyl (C=O) groups is 1. The topological polar surface area (TPSA) is 43.1 Å². The summed E-state index contributed by atoms with van der Waals surface area (Å²) in [7, 11) is 0. The Labute approximate surface area is 72.4 Å². The average Bonchev–Trinajstić information content (AvgIpc) is 2.06. The van der Waals surface area contributed by atoms with Crippen molar-refractivity contribution in [1.29, 1.82) is 0 Å². The molecule has 1 unspecified atom stereocenters. The lowest BCUT2D eigenvalue weighted by Crippen LogP contribution is -2.04. The summed E-state index contributed by atoms with van der Waals surface area (Å²) in [6.07, 6.45) is 1.39. The summed E-state index contributed by atoms with van der Waals surface area (Å²) in [5, 5.41) is 0. The molecular formula is C10H13NO. The monoisotopic (exact) mass is 163 g/mol. The first kappa shape index (κ1) is 8.94. The summed E-state index contributed by atoms with van der Waals surface area (Å²) < 4.78 is 0. The Morgan fingerprint density at radius 1 is 1.42 bits per heavy atom. The van der Waals surface area contributed by atoms with Crippen LogP contribution in [-0.2, 0) is 11.2 Å². The lowest BCUT2D eigenvalue weighted by atomic mass is 10.1. The molecule has 1 rings (SSSR count). The van der Waals surface area contributed by atoms with Crippen LogP contribution < -0.4 is 5.73 Å². The minimum atomic E-state index is 0.0651. The van der Waals surface area contributed by atoms with Crippen LogP contribution in [0, 0.1) is 0 Å². The molecular weight excluding hydrogens is 150 g/mol. The second kappa shape index (κ2) is 4.02. The molecule has 0 saturated heterocycles. The van der Waals surface area contributed by atoms with Crippen molar-refractivity contribution in [2.24, 2.45) is 5.73 Å². The summed E-state index contributed by atoms with van der Waals surface area (Å²) in [6.45, 7) is 1.94. The van der Waals surface area contributed by atoms with Gasteiger partial charge in [0.2, 0.25) is 0 Å². The number of aldehydes is 1. The van der Waals surface area contributed by atoms with Gasteiger partial charge in [-0.3, -0.25) is 0 Å². The van der Waals surface area contributed by atoms with Crippen molar-refractivity contribution in [2.45, 2.75) is 19.4 Å². The minimum absolute atomic E-state index is 0.0651. The molecule has 2 nitrogen and oxygen atoms in total. The van der Waals surface area contributed by atoms with Gasteiger partial charge < -0.3 is 10.5 Å². The second-order valence-electron chi connectivity index (χ2n) is 2.90. The van der Waals surface area contributed by atoms with E-state index in [9.17, 15) is 4.79 Å². The van der Waals surface area contributed by atoms with E-state index in [4.69, 9.17) is 5.73 Å². The zero-order valence-corrected chi connectivity index (χ0v) is 7.16. The third-order valence-electron chi connectivity index (χ3n) is 1.82. The summed E-state index contributed by atoms with van der Waals surface area (Å²) >= 11 is 0. The van der Waals surface area contributed by atoms with Crippen LogP contribution in [0.2, 0.25) is 0 Å². The molecule has 0 aliphatic carbocycles. The zero-order valence-electron chi connectivity index (χ0n) is 7.16. The largest absolute Gasteiger partial charge is 0.324 e. The standard InChI is InChI=1S/C10H13NO/c1-8(11)10-4-2-9(3-5-10)6-7-12/h2-5,7-8H,6,11H2,1H3. The summed E-state index contributed by atoms with van der Waals surface area (Å²) in [6, 6.07) is 7.86. The number of benzene rings is 1. The van der Waals surface area contributed by atoms with Crippen molar-refractivity contribution < 1.29 is 4.79 Å². The number of carbonyl (C=O) groups excluding carboxylic acids is 1. The van der Waals surface area contributed by atoms with Crippen LogP contribution in [0.1, 0.15) is 24.1 Å². The Bertz CT molecular complexity index is 251. The highest BCUT2D eigenvalue weighted by Crippen LogP contribution is 2.10. The number of hydrogen-bond acceptors (Lipinski definition) is 2. The van der Waals surface area contributed by atoms with E-state index in [0.717, 1.165) is 17.4 Å². The van der Waals surface area contributed by atoms with Crippen LogP contribution in [0.4, 0.5) is 0 Å². The molecule has 0 aliphatic heterocycles. The van der Waals surface area contributed by atoms with E-state index in [1.807, 2.05) is 31.2 Å². The minimum Gasteiger partial charge on any atom is -0.324 e. The maximum atomic E-state index is 10.2. The highest BCUT2D eigenvalue weighted by atomic mass is 16.1. The Morgan fingerprint density at radius 2 is 2.00 bits per heavy atom. The van der Waals surface area contributed by atoms with E-state index in [-0.39, 0.29) is 6.04 Å². The predicted molar refractivity (Wildman–Crippen MR) is 48.8 cm³/mol. The van der Waals surface area contributed by atoms with Gasteiger partial charge in [-0.25, -0.2) is 0 Å². The number of rotatable bonds is 3. The van der Waals surface area contributed by atoms with Crippen molar-refractivity contribution in [3.63, 3.8) is 0 Å². The smallest absolute Gasteiger partial charge is 0.124 e. The Balaban J connectivity index is 2.78. The molecule has 1 aromatic carbocycles. The summed E-state index contributed by atoms with van der Waals surface area (Å²) in [5.74, 6) is 0. The van der Waals surface area contributed by atoms with Crippen LogP contribution >= 0.6 is 0 Å². The second-order valence-corrected chi connectivity index (χ2v) is 2.90. The number of hydrogen-bond donors (Lipinski definition) is 1. The van der Waals surface area contributed by atoms with Crippen molar-refractivity contribution in [3.8, 4) is 0 Å². The molecule has 0 aliphatic rings. The van der Waals surface area contributed by atoms with E-state index in [2.05, 4.69) is 0 Å². The molecule has 12 heavy (non-hydrogen) atoms. The zero-order chi connectivity index (χ0) is 8.97. The Kier molecular flexibility index (Phi) is 3.00. The van der Waals surface area contributed by atoms with Crippen molar-refractivity contribution in [2.75, 3.05) is 0 Å². The van der Waals surface area contributed by atoms with Gasteiger partial charge in [0.05, 0.1) is 0 Å². The SMILES string of the molecule is CC(N)c1ccc(CC=O)cc1. The van der Waals surface area contributed by atoms with Crippen LogP contribution in [-0.4, -0.2) is 6.29 Å². The van der Waals surface area contributed by atoms with E-state index >= 15 is 0 Å². The molecule has 1 atom stereocenters. The Hall–Kier alpha value is -1.15. The molecule has 0 aromatic heterocycles. The van der Waals surface area contributed by atoms with Crippen LogP contribution in [0.25, 0.3) is 0 Å². The maximum absolute atomic E-state index is 10.2. The lowest BCUT2D eigenvalue weighted by molar-refractivity contribution is -0.107. The van der Waals surface area contributed by atoms with E-state index in [0.29, 0.717) is 6.42 Å². The highest BCUT2D eigenvalue weighted by Gasteiger charge is 1.97. The van der Waals surface area contributed by atoms with Crippen LogP contribution in [0.3, 0.4) is 0 Å². The van der Waals surface area contributed by atoms with Crippen molar-refractivity contribution in [1.82, 2.24) is 0 Å². The van der Waals surface area contributed by atoms with Gasteiger partial charge in [0.25, 0.3) is 0 Å². The predicted octanol–water partition coefficient (Wildman–Crippen LogP) is 1.45. The third-order valence-corrected chi connectivity index (χ3v) is 1.82. The molecule has 0 radical (unpaired) electrons. The van der Waals surface area contributed by atoms with Crippen molar-refractivity contribution >= 4 is 6.29 Å². The van der Waals surface area contributed by atoms with E-state index < -0.39 is 0 Å². The van der Waals surface area contributed by atoms with Crippen molar-refractivity contribution in [3.05, 3.63) is 35.4 Å². The fourth-order valence-electron chi connectivity index (χ4n) is 1.05. The normalized spacial score (nSPS) is 12.5. The van der Waals surface area contributed by atoms with Crippen LogP contribution in [0.15, 0.2) is 24.3 Å². The maximum Gasteiger partial charge on any atom is 0.124 e. The van der Waals surface area contributed by atoms with E-state index in [1.54, 1.807) is 0 Å². The highest BCUT2D eigenvalue weighted by molar-refractivity contribution is 5.54. The molecule has 0 fully saturated rings. The fourth-order valence-corrected chi connectivity index (χ4v) is 1.05. The molecule has 0 spiro atoms. The summed E-state index contributed by atoms with van der Waals surface area (Å²) in [4.78, 5) is 10.2. The van der Waals surface area contributed by atoms with Gasteiger partial charge in [-0.05, 0) is 18.1 Å². The molecule has 0 saturated carbocycles. The first-order valence-electron chi connectivity index (χ1n) is 4.02. The van der Waals surface area contributed by atoms with Gasteiger partial charge in [-0.2, -0.15) is 0 Å². The summed E-state index contributed by atoms with van der Waals surface area (Å²) in [5.41, 5.74) is 7.81. The van der Waals surface area contributed by atoms with Gasteiger partial charge in [-0.1, -0.05) is 24.3 Å². The van der Waals surface area contributed by atoms with Crippen LogP contribution in [0.5, 0.6) is 0 Å². The molecule has 0 amide bonds. The third kappa shape index (κ3) is 2.17. The van der Waals surface area contributed by atoms with E-state index in [1.165, 1.54) is 0 Å². The Morgan fingerprint density at radius 3 is 2.42 bits per heavy atom. The quantitative estimate of drug-likeness (QED) is 0.685.